The highest BCUT2D eigenvalue weighted by Crippen LogP contribution is 2.32. The topological polar surface area (TPSA) is 39.2 Å². The molecular weight excluding hydrogens is 283 g/mol. The van der Waals surface area contributed by atoms with Gasteiger partial charge in [-0.25, -0.2) is 4.79 Å². The van der Waals surface area contributed by atoms with Crippen LogP contribution in [0, 0.1) is 6.92 Å². The van der Waals surface area contributed by atoms with Crippen LogP contribution in [-0.2, 0) is 10.9 Å². The summed E-state index contributed by atoms with van der Waals surface area (Å²) < 4.78 is 43.1. The minimum atomic E-state index is -4.44. The third kappa shape index (κ3) is 3.39. The smallest absolute Gasteiger partial charge is 0.416 e. The molecule has 2 rings (SSSR count). The Hall–Kier alpha value is -2.37. The molecule has 0 spiro atoms. The van der Waals surface area contributed by atoms with Crippen LogP contribution in [0.4, 0.5) is 13.2 Å². The van der Waals surface area contributed by atoms with Gasteiger partial charge in [0.1, 0.15) is 0 Å². The molecule has 1 aromatic heterocycles. The van der Waals surface area contributed by atoms with Crippen molar-refractivity contribution < 1.29 is 22.7 Å². The number of hydrogen-bond acceptors (Lipinski definition) is 3. The van der Waals surface area contributed by atoms with Crippen LogP contribution in [0.2, 0.25) is 0 Å². The van der Waals surface area contributed by atoms with Gasteiger partial charge < -0.3 is 4.74 Å². The van der Waals surface area contributed by atoms with E-state index in [2.05, 4.69) is 9.72 Å². The van der Waals surface area contributed by atoms with E-state index in [-0.39, 0.29) is 17.0 Å². The quantitative estimate of drug-likeness (QED) is 0.790. The third-order valence-electron chi connectivity index (χ3n) is 2.86. The summed E-state index contributed by atoms with van der Waals surface area (Å²) in [5, 5.41) is 0. The molecule has 6 heteroatoms. The van der Waals surface area contributed by atoms with Crippen LogP contribution in [0.1, 0.15) is 21.6 Å². The highest BCUT2D eigenvalue weighted by atomic mass is 19.4. The molecule has 0 aliphatic rings. The Morgan fingerprint density at radius 1 is 1.19 bits per heavy atom. The number of ether oxygens (including phenoxy) is 1. The second-order valence-corrected chi connectivity index (χ2v) is 4.45. The second-order valence-electron chi connectivity index (χ2n) is 4.45. The van der Waals surface area contributed by atoms with Crippen molar-refractivity contribution in [2.75, 3.05) is 7.11 Å². The lowest BCUT2D eigenvalue weighted by atomic mass is 10.1. The van der Waals surface area contributed by atoms with Crippen LogP contribution >= 0.6 is 0 Å². The number of nitrogens with zero attached hydrogens (tertiary/aromatic N) is 1. The van der Waals surface area contributed by atoms with Gasteiger partial charge in [0, 0.05) is 11.3 Å². The van der Waals surface area contributed by atoms with Gasteiger partial charge in [0.05, 0.1) is 23.9 Å². The van der Waals surface area contributed by atoms with E-state index in [0.29, 0.717) is 5.56 Å². The average molecular weight is 295 g/mol. The maximum absolute atomic E-state index is 12.8. The zero-order valence-corrected chi connectivity index (χ0v) is 11.4. The molecule has 0 atom stereocenters. The van der Waals surface area contributed by atoms with Gasteiger partial charge in [-0.2, -0.15) is 13.2 Å². The zero-order chi connectivity index (χ0) is 15.6. The molecule has 0 amide bonds. The number of aromatic nitrogens is 1. The number of hydrogen-bond donors (Lipinski definition) is 0. The number of alkyl halides is 3. The lowest BCUT2D eigenvalue weighted by Crippen LogP contribution is -2.07. The lowest BCUT2D eigenvalue weighted by molar-refractivity contribution is -0.137. The molecule has 0 aliphatic carbocycles. The minimum absolute atomic E-state index is 0.160. The van der Waals surface area contributed by atoms with Crippen molar-refractivity contribution in [1.29, 1.82) is 0 Å². The van der Waals surface area contributed by atoms with Gasteiger partial charge in [-0.05, 0) is 31.2 Å². The summed E-state index contributed by atoms with van der Waals surface area (Å²) in [6.45, 7) is 1.49. The maximum atomic E-state index is 12.8. The maximum Gasteiger partial charge on any atom is 0.416 e. The van der Waals surface area contributed by atoms with Gasteiger partial charge in [-0.15, -0.1) is 0 Å². The fraction of sp³-hybridized carbons (Fsp3) is 0.200. The summed E-state index contributed by atoms with van der Waals surface area (Å²) in [5.74, 6) is -0.555. The summed E-state index contributed by atoms with van der Waals surface area (Å²) in [6, 6.07) is 8.08. The number of carbonyl (C=O) groups is 1. The first kappa shape index (κ1) is 15.0. The van der Waals surface area contributed by atoms with E-state index in [9.17, 15) is 18.0 Å². The largest absolute Gasteiger partial charge is 0.465 e. The molecule has 1 heterocycles. The monoisotopic (exact) mass is 295 g/mol. The molecule has 0 aliphatic heterocycles. The molecule has 110 valence electrons. The number of esters is 1. The van der Waals surface area contributed by atoms with Crippen LogP contribution in [0.5, 0.6) is 0 Å². The minimum Gasteiger partial charge on any atom is -0.465 e. The van der Waals surface area contributed by atoms with Gasteiger partial charge in [0.2, 0.25) is 0 Å². The molecule has 0 unspecified atom stereocenters. The Balaban J connectivity index is 2.52. The highest BCUT2D eigenvalue weighted by Gasteiger charge is 2.31. The summed E-state index contributed by atoms with van der Waals surface area (Å²) in [6.07, 6.45) is -4.44. The summed E-state index contributed by atoms with van der Waals surface area (Å²) in [7, 11) is 1.24. The number of aryl methyl sites for hydroxylation is 1. The van der Waals surface area contributed by atoms with E-state index in [1.165, 1.54) is 26.2 Å². The molecule has 2 aromatic rings. The predicted octanol–water partition coefficient (Wildman–Crippen LogP) is 3.86. The lowest BCUT2D eigenvalue weighted by Gasteiger charge is -2.10. The molecule has 0 N–H and O–H groups in total. The SMILES string of the molecule is COC(=O)c1cccc(-c2cc(C(F)(F)F)cc(C)n2)c1. The fourth-order valence-corrected chi connectivity index (χ4v) is 1.90. The van der Waals surface area contributed by atoms with E-state index in [4.69, 9.17) is 0 Å². The van der Waals surface area contributed by atoms with Gasteiger partial charge in [-0.3, -0.25) is 4.98 Å². The van der Waals surface area contributed by atoms with Gasteiger partial charge in [0.15, 0.2) is 0 Å². The Kier molecular flexibility index (Phi) is 3.97. The van der Waals surface area contributed by atoms with Crippen molar-refractivity contribution in [3.8, 4) is 11.3 Å². The van der Waals surface area contributed by atoms with E-state index < -0.39 is 17.7 Å². The van der Waals surface area contributed by atoms with E-state index in [1.807, 2.05) is 0 Å². The van der Waals surface area contributed by atoms with Crippen molar-refractivity contribution >= 4 is 5.97 Å². The van der Waals surface area contributed by atoms with Crippen molar-refractivity contribution in [1.82, 2.24) is 4.98 Å². The number of carbonyl (C=O) groups excluding carboxylic acids is 1. The molecular formula is C15H12F3NO2. The molecule has 3 nitrogen and oxygen atoms in total. The van der Waals surface area contributed by atoms with Gasteiger partial charge in [0.25, 0.3) is 0 Å². The first-order valence-corrected chi connectivity index (χ1v) is 6.06. The third-order valence-corrected chi connectivity index (χ3v) is 2.86. The number of pyridine rings is 1. The molecule has 21 heavy (non-hydrogen) atoms. The Labute approximate surface area is 119 Å². The van der Waals surface area contributed by atoms with Crippen LogP contribution < -0.4 is 0 Å². The van der Waals surface area contributed by atoms with E-state index in [0.717, 1.165) is 12.1 Å². The van der Waals surface area contributed by atoms with Gasteiger partial charge >= 0.3 is 12.1 Å². The Bertz CT molecular complexity index is 681. The standard InChI is InChI=1S/C15H12F3NO2/c1-9-6-12(15(16,17)18)8-13(19-9)10-4-3-5-11(7-10)14(20)21-2/h3-8H,1-2H3. The zero-order valence-electron chi connectivity index (χ0n) is 11.4. The molecule has 0 saturated heterocycles. The van der Waals surface area contributed by atoms with Crippen LogP contribution in [-0.4, -0.2) is 18.1 Å². The summed E-state index contributed by atoms with van der Waals surface area (Å²) in [5.41, 5.74) is 0.323. The van der Waals surface area contributed by atoms with E-state index >= 15 is 0 Å². The molecule has 1 aromatic carbocycles. The van der Waals surface area contributed by atoms with Gasteiger partial charge in [-0.1, -0.05) is 12.1 Å². The molecule has 0 bridgehead atoms. The number of methoxy groups -OCH3 is 1. The highest BCUT2D eigenvalue weighted by molar-refractivity contribution is 5.90. The summed E-state index contributed by atoms with van der Waals surface area (Å²) in [4.78, 5) is 15.6. The molecule has 0 radical (unpaired) electrons. The number of rotatable bonds is 2. The van der Waals surface area contributed by atoms with Crippen molar-refractivity contribution in [2.45, 2.75) is 13.1 Å². The Morgan fingerprint density at radius 3 is 2.52 bits per heavy atom. The fourth-order valence-electron chi connectivity index (χ4n) is 1.90. The van der Waals surface area contributed by atoms with Crippen LogP contribution in [0.3, 0.4) is 0 Å². The summed E-state index contributed by atoms with van der Waals surface area (Å²) >= 11 is 0. The molecule has 0 saturated carbocycles. The first-order valence-electron chi connectivity index (χ1n) is 6.06. The van der Waals surface area contributed by atoms with Crippen molar-refractivity contribution in [2.24, 2.45) is 0 Å². The van der Waals surface area contributed by atoms with Crippen molar-refractivity contribution in [3.05, 3.63) is 53.2 Å². The second kappa shape index (κ2) is 5.55. The number of benzene rings is 1. The average Bonchev–Trinajstić information content (AvgIpc) is 2.45. The number of halogens is 3. The van der Waals surface area contributed by atoms with Crippen LogP contribution in [0.15, 0.2) is 36.4 Å². The first-order chi connectivity index (χ1) is 9.81. The predicted molar refractivity (Wildman–Crippen MR) is 70.8 cm³/mol. The van der Waals surface area contributed by atoms with Crippen LogP contribution in [0.25, 0.3) is 11.3 Å². The van der Waals surface area contributed by atoms with Crippen molar-refractivity contribution in [3.63, 3.8) is 0 Å². The normalized spacial score (nSPS) is 11.3. The Morgan fingerprint density at radius 2 is 1.90 bits per heavy atom. The molecule has 0 fully saturated rings. The van der Waals surface area contributed by atoms with E-state index in [1.54, 1.807) is 12.1 Å².